The lowest BCUT2D eigenvalue weighted by molar-refractivity contribution is 0.227. The molecule has 26 heavy (non-hydrogen) atoms. The van der Waals surface area contributed by atoms with E-state index >= 15 is 0 Å². The number of fused-ring (bicyclic) bond motifs is 2. The van der Waals surface area contributed by atoms with E-state index in [1.54, 1.807) is 18.2 Å². The number of aliphatic hydroxyl groups excluding tert-OH is 1. The second-order valence-electron chi connectivity index (χ2n) is 6.09. The fraction of sp³-hybridized carbons (Fsp3) is 0.409. The van der Waals surface area contributed by atoms with Crippen LogP contribution in [0.4, 0.5) is 0 Å². The molecule has 2 rings (SSSR count). The van der Waals surface area contributed by atoms with Gasteiger partial charge in [0.25, 0.3) is 5.95 Å². The van der Waals surface area contributed by atoms with E-state index in [4.69, 9.17) is 9.15 Å². The molecule has 2 bridgehead atoms. The van der Waals surface area contributed by atoms with Gasteiger partial charge in [0.2, 0.25) is 0 Å². The van der Waals surface area contributed by atoms with Crippen molar-refractivity contribution in [1.82, 2.24) is 0 Å². The molecular formula is C22H26O4. The van der Waals surface area contributed by atoms with Gasteiger partial charge in [0.05, 0.1) is 12.2 Å². The quantitative estimate of drug-likeness (QED) is 0.603. The van der Waals surface area contributed by atoms with Gasteiger partial charge in [-0.3, -0.25) is 4.79 Å². The Balaban J connectivity index is 2.19. The van der Waals surface area contributed by atoms with E-state index in [2.05, 4.69) is 11.8 Å². The average molecular weight is 354 g/mol. The third-order valence-corrected chi connectivity index (χ3v) is 3.85. The summed E-state index contributed by atoms with van der Waals surface area (Å²) in [5.74, 6) is 7.74. The Hall–Kier alpha value is -2.51. The molecule has 1 aromatic heterocycles. The van der Waals surface area contributed by atoms with Crippen molar-refractivity contribution in [1.29, 1.82) is 0 Å². The summed E-state index contributed by atoms with van der Waals surface area (Å²) in [6.07, 6.45) is 13.9. The van der Waals surface area contributed by atoms with Crippen molar-refractivity contribution in [3.05, 3.63) is 64.3 Å². The van der Waals surface area contributed by atoms with Crippen LogP contribution in [0.3, 0.4) is 0 Å². The van der Waals surface area contributed by atoms with Crippen molar-refractivity contribution in [3.63, 3.8) is 0 Å². The second kappa shape index (κ2) is 11.2. The van der Waals surface area contributed by atoms with E-state index in [0.29, 0.717) is 37.2 Å². The maximum absolute atomic E-state index is 11.9. The first-order valence-electron chi connectivity index (χ1n) is 9.15. The Morgan fingerprint density at radius 2 is 2.12 bits per heavy atom. The molecule has 1 atom stereocenters. The molecule has 1 N–H and O–H groups in total. The number of allylic oxidation sites excluding steroid dienone is 4. The van der Waals surface area contributed by atoms with Crippen molar-refractivity contribution in [2.75, 3.05) is 0 Å². The highest BCUT2D eigenvalue weighted by Gasteiger charge is 2.06. The lowest BCUT2D eigenvalue weighted by atomic mass is 10.1. The molecule has 0 saturated heterocycles. The van der Waals surface area contributed by atoms with E-state index in [0.717, 1.165) is 19.3 Å². The highest BCUT2D eigenvalue weighted by Crippen LogP contribution is 2.17. The zero-order chi connectivity index (χ0) is 18.6. The van der Waals surface area contributed by atoms with E-state index in [9.17, 15) is 9.90 Å². The highest BCUT2D eigenvalue weighted by molar-refractivity contribution is 5.17. The van der Waals surface area contributed by atoms with Crippen LogP contribution < -0.4 is 10.2 Å². The number of aliphatic hydroxyl groups is 1. The van der Waals surface area contributed by atoms with Crippen LogP contribution in [0, 0.1) is 11.8 Å². The van der Waals surface area contributed by atoms with Gasteiger partial charge in [-0.1, -0.05) is 37.1 Å². The topological polar surface area (TPSA) is 59.7 Å². The van der Waals surface area contributed by atoms with Gasteiger partial charge < -0.3 is 14.3 Å². The third kappa shape index (κ3) is 7.58. The molecular weight excluding hydrogens is 328 g/mol. The van der Waals surface area contributed by atoms with E-state index < -0.39 is 6.10 Å². The lowest BCUT2D eigenvalue weighted by Gasteiger charge is -2.08. The summed E-state index contributed by atoms with van der Waals surface area (Å²) in [6.45, 7) is 1.95. The molecule has 0 amide bonds. The molecule has 1 aromatic rings. The lowest BCUT2D eigenvalue weighted by Crippen LogP contribution is -2.03. The molecule has 138 valence electrons. The first kappa shape index (κ1) is 19.8. The Bertz CT molecular complexity index is 771. The van der Waals surface area contributed by atoms with Gasteiger partial charge in [-0.15, -0.1) is 5.92 Å². The summed E-state index contributed by atoms with van der Waals surface area (Å²) in [6, 6.07) is 2.86. The minimum atomic E-state index is -0.558. The summed E-state index contributed by atoms with van der Waals surface area (Å²) in [5.41, 5.74) is -0.126. The summed E-state index contributed by atoms with van der Waals surface area (Å²) in [7, 11) is 0. The van der Waals surface area contributed by atoms with Gasteiger partial charge in [0.1, 0.15) is 11.5 Å². The number of aryl methyl sites for hydroxylation is 1. The van der Waals surface area contributed by atoms with Gasteiger partial charge >= 0.3 is 0 Å². The predicted octanol–water partition coefficient (Wildman–Crippen LogP) is 4.30. The number of ether oxygens (including phenoxy) is 1. The molecule has 0 radical (unpaired) electrons. The fourth-order valence-electron chi connectivity index (χ4n) is 2.45. The summed E-state index contributed by atoms with van der Waals surface area (Å²) < 4.78 is 11.4. The Labute approximate surface area is 154 Å². The number of hydrogen-bond acceptors (Lipinski definition) is 4. The van der Waals surface area contributed by atoms with E-state index in [1.807, 2.05) is 19.1 Å². The Morgan fingerprint density at radius 3 is 2.96 bits per heavy atom. The monoisotopic (exact) mass is 354 g/mol. The van der Waals surface area contributed by atoms with Crippen molar-refractivity contribution in [3.8, 4) is 17.8 Å². The van der Waals surface area contributed by atoms with Crippen molar-refractivity contribution >= 4 is 0 Å². The van der Waals surface area contributed by atoms with E-state index in [-0.39, 0.29) is 11.4 Å². The van der Waals surface area contributed by atoms with Crippen LogP contribution in [0.25, 0.3) is 0 Å². The minimum absolute atomic E-state index is 0.126. The van der Waals surface area contributed by atoms with Crippen molar-refractivity contribution in [2.45, 2.75) is 58.0 Å². The maximum atomic E-state index is 11.9. The first-order valence-corrected chi connectivity index (χ1v) is 9.15. The first-order chi connectivity index (χ1) is 12.7. The molecule has 1 aliphatic rings. The van der Waals surface area contributed by atoms with Crippen LogP contribution >= 0.6 is 0 Å². The van der Waals surface area contributed by atoms with Crippen LogP contribution in [0.5, 0.6) is 5.95 Å². The zero-order valence-corrected chi connectivity index (χ0v) is 15.2. The largest absolute Gasteiger partial charge is 0.430 e. The van der Waals surface area contributed by atoms with Crippen LogP contribution in [-0.4, -0.2) is 11.2 Å². The van der Waals surface area contributed by atoms with Gasteiger partial charge in [-0.2, -0.15) is 0 Å². The van der Waals surface area contributed by atoms with Crippen molar-refractivity contribution < 1.29 is 14.3 Å². The average Bonchev–Trinajstić information content (AvgIpc) is 2.61. The summed E-state index contributed by atoms with van der Waals surface area (Å²) in [4.78, 5) is 11.9. The Kier molecular flexibility index (Phi) is 8.51. The van der Waals surface area contributed by atoms with E-state index in [1.165, 1.54) is 12.1 Å². The standard InChI is InChI=1S/C22H26O4/c1-2-20-15-11-13-18(23)12-9-7-5-3-4-6-8-10-14-21-16-19(24)17-22(25-20)26-21/h7,9,11,13,15-18,23H,2,5-6,8,10,12,14H2,1H3. The van der Waals surface area contributed by atoms with Crippen LogP contribution in [0.1, 0.15) is 51.2 Å². The smallest absolute Gasteiger partial charge is 0.293 e. The Morgan fingerprint density at radius 1 is 1.23 bits per heavy atom. The molecule has 0 fully saturated rings. The normalized spacial score (nSPS) is 19.2. The molecule has 4 nitrogen and oxygen atoms in total. The summed E-state index contributed by atoms with van der Waals surface area (Å²) >= 11 is 0. The maximum Gasteiger partial charge on any atom is 0.293 e. The molecule has 1 aliphatic heterocycles. The van der Waals surface area contributed by atoms with Gasteiger partial charge in [0.15, 0.2) is 5.43 Å². The fourth-order valence-corrected chi connectivity index (χ4v) is 2.45. The van der Waals surface area contributed by atoms with Gasteiger partial charge in [0, 0.05) is 31.7 Å². The van der Waals surface area contributed by atoms with Crippen LogP contribution in [0.2, 0.25) is 0 Å². The molecule has 0 saturated carbocycles. The molecule has 0 aromatic carbocycles. The third-order valence-electron chi connectivity index (χ3n) is 3.85. The number of rotatable bonds is 1. The molecule has 1 unspecified atom stereocenters. The van der Waals surface area contributed by atoms with Gasteiger partial charge in [-0.05, 0) is 25.3 Å². The number of hydrogen-bond donors (Lipinski definition) is 1. The van der Waals surface area contributed by atoms with Crippen LogP contribution in [-0.2, 0) is 6.42 Å². The predicted molar refractivity (Wildman–Crippen MR) is 103 cm³/mol. The molecule has 4 heteroatoms. The minimum Gasteiger partial charge on any atom is -0.430 e. The molecule has 0 aliphatic carbocycles. The molecule has 2 heterocycles. The summed E-state index contributed by atoms with van der Waals surface area (Å²) in [5, 5.41) is 9.94. The zero-order valence-electron chi connectivity index (χ0n) is 15.2. The van der Waals surface area contributed by atoms with Crippen LogP contribution in [0.15, 0.2) is 57.5 Å². The highest BCUT2D eigenvalue weighted by atomic mass is 16.6. The van der Waals surface area contributed by atoms with Crippen molar-refractivity contribution in [2.24, 2.45) is 0 Å². The molecule has 0 spiro atoms. The second-order valence-corrected chi connectivity index (χ2v) is 6.09. The van der Waals surface area contributed by atoms with Gasteiger partial charge in [-0.25, -0.2) is 0 Å². The SMILES string of the molecule is CCC1=CC=CC(O)CC=CCC#CCCCCc2cc(=O)cc(o2)O1.